The number of para-hydroxylation sites is 1. The lowest BCUT2D eigenvalue weighted by molar-refractivity contribution is -0.149. The maximum absolute atomic E-state index is 12.8. The molecule has 1 saturated carbocycles. The van der Waals surface area contributed by atoms with Crippen molar-refractivity contribution in [3.05, 3.63) is 72.3 Å². The average molecular weight is 455 g/mol. The quantitative estimate of drug-likeness (QED) is 0.381. The Labute approximate surface area is 190 Å². The highest BCUT2D eigenvalue weighted by atomic mass is 19.3. The van der Waals surface area contributed by atoms with Crippen molar-refractivity contribution >= 4 is 11.9 Å². The van der Waals surface area contributed by atoms with Gasteiger partial charge in [0.2, 0.25) is 6.10 Å². The summed E-state index contributed by atoms with van der Waals surface area (Å²) in [5.74, 6) is -1.31. The van der Waals surface area contributed by atoms with Gasteiger partial charge in [-0.2, -0.15) is 5.26 Å². The molecule has 0 aromatic heterocycles. The monoisotopic (exact) mass is 455 g/mol. The number of alkyl halides is 2. The zero-order valence-corrected chi connectivity index (χ0v) is 18.1. The van der Waals surface area contributed by atoms with Crippen LogP contribution in [-0.2, 0) is 19.1 Å². The average Bonchev–Trinajstić information content (AvgIpc) is 3.35. The van der Waals surface area contributed by atoms with Gasteiger partial charge in [-0.05, 0) is 35.6 Å². The molecule has 8 heteroatoms. The van der Waals surface area contributed by atoms with E-state index in [4.69, 9.17) is 9.47 Å². The Kier molecular flexibility index (Phi) is 7.44. The number of carbonyl (C=O) groups is 2. The van der Waals surface area contributed by atoms with Crippen molar-refractivity contribution in [2.24, 2.45) is 17.3 Å². The van der Waals surface area contributed by atoms with Crippen LogP contribution in [0, 0.1) is 28.6 Å². The van der Waals surface area contributed by atoms with Crippen molar-refractivity contribution in [2.75, 3.05) is 6.61 Å². The lowest BCUT2D eigenvalue weighted by atomic mass is 10.1. The highest BCUT2D eigenvalue weighted by molar-refractivity contribution is 5.83. The minimum atomic E-state index is -2.75. The predicted molar refractivity (Wildman–Crippen MR) is 114 cm³/mol. The first-order valence-electron chi connectivity index (χ1n) is 10.3. The number of carbonyl (C=O) groups excluding carboxylic acids is 2. The summed E-state index contributed by atoms with van der Waals surface area (Å²) in [7, 11) is 0. The summed E-state index contributed by atoms with van der Waals surface area (Å²) >= 11 is 0. The zero-order chi connectivity index (χ0) is 24.0. The fraction of sp³-hybridized carbons (Fsp3) is 0.320. The van der Waals surface area contributed by atoms with Crippen LogP contribution in [0.25, 0.3) is 0 Å². The molecule has 33 heavy (non-hydrogen) atoms. The second-order valence-electron chi connectivity index (χ2n) is 8.14. The van der Waals surface area contributed by atoms with Crippen molar-refractivity contribution in [1.82, 2.24) is 0 Å². The zero-order valence-electron chi connectivity index (χ0n) is 18.1. The number of nitriles is 1. The number of hydrogen-bond donors (Lipinski definition) is 0. The molecule has 6 nitrogen and oxygen atoms in total. The molecule has 0 saturated heterocycles. The van der Waals surface area contributed by atoms with Crippen LogP contribution in [0.1, 0.15) is 25.5 Å². The summed E-state index contributed by atoms with van der Waals surface area (Å²) in [5, 5.41) is 9.58. The van der Waals surface area contributed by atoms with Crippen LogP contribution < -0.4 is 4.74 Å². The Morgan fingerprint density at radius 3 is 2.48 bits per heavy atom. The van der Waals surface area contributed by atoms with Crippen molar-refractivity contribution in [1.29, 1.82) is 5.26 Å². The van der Waals surface area contributed by atoms with Crippen molar-refractivity contribution < 1.29 is 32.6 Å². The van der Waals surface area contributed by atoms with E-state index in [2.05, 4.69) is 4.74 Å². The van der Waals surface area contributed by atoms with Gasteiger partial charge in [0.15, 0.2) is 6.61 Å². The molecule has 0 unspecified atom stereocenters. The summed E-state index contributed by atoms with van der Waals surface area (Å²) < 4.78 is 39.9. The standard InChI is InChI=1S/C25H23F2NO5/c1-25(2)19(11-12-22(29)31-15-21(26)27)23(25)24(30)33-20(14-28)16-7-6-10-18(13-16)32-17-8-4-3-5-9-17/h3-13,19-21,23H,15H2,1-2H3/b12-11-/t19-,20-,23-/m0/s1. The van der Waals surface area contributed by atoms with Crippen LogP contribution in [-0.4, -0.2) is 25.0 Å². The number of nitrogens with zero attached hydrogens (tertiary/aromatic N) is 1. The van der Waals surface area contributed by atoms with Crippen molar-refractivity contribution in [3.8, 4) is 17.6 Å². The van der Waals surface area contributed by atoms with Gasteiger partial charge in [0, 0.05) is 11.6 Å². The fourth-order valence-corrected chi connectivity index (χ4v) is 3.59. The first-order chi connectivity index (χ1) is 15.7. The number of benzene rings is 2. The van der Waals surface area contributed by atoms with Gasteiger partial charge in [-0.1, -0.05) is 50.3 Å². The first-order valence-corrected chi connectivity index (χ1v) is 10.3. The van der Waals surface area contributed by atoms with E-state index >= 15 is 0 Å². The van der Waals surface area contributed by atoms with E-state index in [1.165, 1.54) is 6.08 Å². The molecule has 172 valence electrons. The Balaban J connectivity index is 1.63. The Bertz CT molecular complexity index is 1060. The highest BCUT2D eigenvalue weighted by Crippen LogP contribution is 2.59. The van der Waals surface area contributed by atoms with Gasteiger partial charge in [0.25, 0.3) is 6.43 Å². The molecule has 0 bridgehead atoms. The van der Waals surface area contributed by atoms with Gasteiger partial charge >= 0.3 is 11.9 Å². The molecule has 0 radical (unpaired) electrons. The summed E-state index contributed by atoms with van der Waals surface area (Å²) in [4.78, 5) is 24.3. The van der Waals surface area contributed by atoms with Crippen LogP contribution >= 0.6 is 0 Å². The molecule has 2 aromatic carbocycles. The van der Waals surface area contributed by atoms with Crippen LogP contribution in [0.4, 0.5) is 8.78 Å². The second kappa shape index (κ2) is 10.3. The molecular formula is C25H23F2NO5. The van der Waals surface area contributed by atoms with Gasteiger partial charge in [-0.3, -0.25) is 4.79 Å². The maximum atomic E-state index is 12.8. The molecule has 0 heterocycles. The molecule has 0 N–H and O–H groups in total. The van der Waals surface area contributed by atoms with Gasteiger partial charge in [0.1, 0.15) is 17.6 Å². The van der Waals surface area contributed by atoms with E-state index in [0.29, 0.717) is 17.1 Å². The lowest BCUT2D eigenvalue weighted by Crippen LogP contribution is -2.14. The molecule has 2 aromatic rings. The molecular weight excluding hydrogens is 432 g/mol. The van der Waals surface area contributed by atoms with Crippen LogP contribution in [0.15, 0.2) is 66.7 Å². The maximum Gasteiger partial charge on any atom is 0.330 e. The van der Waals surface area contributed by atoms with Crippen LogP contribution in [0.5, 0.6) is 11.5 Å². The minimum Gasteiger partial charge on any atom is -0.457 e. The van der Waals surface area contributed by atoms with E-state index in [0.717, 1.165) is 6.08 Å². The third kappa shape index (κ3) is 6.16. The number of rotatable bonds is 9. The van der Waals surface area contributed by atoms with Gasteiger partial charge in [0.05, 0.1) is 5.92 Å². The van der Waals surface area contributed by atoms with E-state index in [1.54, 1.807) is 36.4 Å². The van der Waals surface area contributed by atoms with Gasteiger partial charge in [-0.25, -0.2) is 13.6 Å². The topological polar surface area (TPSA) is 85.6 Å². The minimum absolute atomic E-state index is 0.351. The summed E-state index contributed by atoms with van der Waals surface area (Å²) in [5.41, 5.74) is -0.0603. The molecule has 0 spiro atoms. The summed E-state index contributed by atoms with van der Waals surface area (Å²) in [6.07, 6.45) is -1.40. The van der Waals surface area contributed by atoms with Gasteiger partial charge in [-0.15, -0.1) is 0 Å². The Hall–Kier alpha value is -3.73. The normalized spacial score (nSPS) is 19.5. The third-order valence-corrected chi connectivity index (χ3v) is 5.45. The lowest BCUT2D eigenvalue weighted by Gasteiger charge is -2.13. The van der Waals surface area contributed by atoms with E-state index in [1.807, 2.05) is 38.1 Å². The summed E-state index contributed by atoms with van der Waals surface area (Å²) in [6.45, 7) is 2.64. The van der Waals surface area contributed by atoms with E-state index < -0.39 is 42.4 Å². The predicted octanol–water partition coefficient (Wildman–Crippen LogP) is 5.22. The smallest absolute Gasteiger partial charge is 0.330 e. The number of ether oxygens (including phenoxy) is 3. The molecule has 1 aliphatic rings. The number of halogens is 2. The molecule has 0 aliphatic heterocycles. The molecule has 3 rings (SSSR count). The highest BCUT2D eigenvalue weighted by Gasteiger charge is 2.61. The van der Waals surface area contributed by atoms with Gasteiger partial charge < -0.3 is 14.2 Å². The number of esters is 2. The largest absolute Gasteiger partial charge is 0.457 e. The molecule has 1 fully saturated rings. The van der Waals surface area contributed by atoms with Crippen LogP contribution in [0.3, 0.4) is 0 Å². The Morgan fingerprint density at radius 2 is 1.82 bits per heavy atom. The number of allylic oxidation sites excluding steroid dienone is 1. The summed E-state index contributed by atoms with van der Waals surface area (Å²) in [6, 6.07) is 17.8. The van der Waals surface area contributed by atoms with E-state index in [9.17, 15) is 23.6 Å². The second-order valence-corrected chi connectivity index (χ2v) is 8.14. The molecule has 3 atom stereocenters. The SMILES string of the molecule is CC1(C)[C@H](C(=O)O[C@@H](C#N)c2cccc(Oc3ccccc3)c2)[C@@H]1/C=C\C(=O)OCC(F)F. The number of hydrogen-bond acceptors (Lipinski definition) is 6. The molecule has 0 amide bonds. The molecule has 1 aliphatic carbocycles. The fourth-order valence-electron chi connectivity index (χ4n) is 3.59. The van der Waals surface area contributed by atoms with Crippen LogP contribution in [0.2, 0.25) is 0 Å². The first kappa shape index (κ1) is 23.9. The Morgan fingerprint density at radius 1 is 1.12 bits per heavy atom. The van der Waals surface area contributed by atoms with E-state index in [-0.39, 0.29) is 5.92 Å². The third-order valence-electron chi connectivity index (χ3n) is 5.45. The van der Waals surface area contributed by atoms with Crippen molar-refractivity contribution in [3.63, 3.8) is 0 Å². The van der Waals surface area contributed by atoms with Crippen molar-refractivity contribution in [2.45, 2.75) is 26.4 Å².